The summed E-state index contributed by atoms with van der Waals surface area (Å²) in [7, 11) is 0. The topological polar surface area (TPSA) is 59.3 Å². The molecule has 0 aliphatic carbocycles. The maximum atomic E-state index is 12.2. The summed E-state index contributed by atoms with van der Waals surface area (Å²) in [5.74, 6) is -1.34. The van der Waals surface area contributed by atoms with E-state index in [1.807, 2.05) is 0 Å². The fourth-order valence-corrected chi connectivity index (χ4v) is 1.51. The molecular formula is C11H8ClF2NO3. The minimum Gasteiger partial charge on any atom is -0.462 e. The molecule has 0 bridgehead atoms. The number of carbonyl (C=O) groups excluding carboxylic acids is 1. The quantitative estimate of drug-likeness (QED) is 0.793. The van der Waals surface area contributed by atoms with Gasteiger partial charge in [-0.25, -0.2) is 4.79 Å². The van der Waals surface area contributed by atoms with E-state index in [-0.39, 0.29) is 22.8 Å². The fourth-order valence-electron chi connectivity index (χ4n) is 1.23. The lowest BCUT2D eigenvalue weighted by atomic mass is 10.1. The number of halogens is 3. The van der Waals surface area contributed by atoms with Gasteiger partial charge in [0.05, 0.1) is 17.2 Å². The van der Waals surface area contributed by atoms with Crippen molar-refractivity contribution < 1.29 is 23.0 Å². The molecule has 4 nitrogen and oxygen atoms in total. The summed E-state index contributed by atoms with van der Waals surface area (Å²) < 4.78 is 33.2. The normalized spacial score (nSPS) is 10.0. The molecule has 0 N–H and O–H groups in total. The van der Waals surface area contributed by atoms with Crippen LogP contribution in [0.15, 0.2) is 12.1 Å². The van der Waals surface area contributed by atoms with Gasteiger partial charge in [-0.3, -0.25) is 0 Å². The Hall–Kier alpha value is -1.87. The van der Waals surface area contributed by atoms with Crippen LogP contribution >= 0.6 is 11.6 Å². The molecule has 1 aromatic rings. The smallest absolute Gasteiger partial charge is 0.387 e. The lowest BCUT2D eigenvalue weighted by molar-refractivity contribution is -0.0504. The Balaban J connectivity index is 3.31. The third-order valence-electron chi connectivity index (χ3n) is 1.92. The molecule has 18 heavy (non-hydrogen) atoms. The second-order valence-electron chi connectivity index (χ2n) is 3.01. The Morgan fingerprint density at radius 1 is 1.56 bits per heavy atom. The van der Waals surface area contributed by atoms with E-state index >= 15 is 0 Å². The van der Waals surface area contributed by atoms with Gasteiger partial charge < -0.3 is 9.47 Å². The molecule has 0 heterocycles. The first kappa shape index (κ1) is 14.2. The van der Waals surface area contributed by atoms with Gasteiger partial charge in [-0.05, 0) is 19.1 Å². The average Bonchev–Trinajstić information content (AvgIpc) is 2.29. The molecule has 0 atom stereocenters. The Bertz CT molecular complexity index is 500. The number of nitriles is 1. The molecule has 0 amide bonds. The molecule has 1 rings (SSSR count). The lowest BCUT2D eigenvalue weighted by Crippen LogP contribution is -2.11. The van der Waals surface area contributed by atoms with Crippen molar-refractivity contribution >= 4 is 17.6 Å². The zero-order valence-electron chi connectivity index (χ0n) is 9.25. The van der Waals surface area contributed by atoms with Crippen LogP contribution in [0.1, 0.15) is 22.8 Å². The SMILES string of the molecule is CCOC(=O)c1c(OC(F)F)ccc(C#N)c1Cl. The van der Waals surface area contributed by atoms with Crippen LogP contribution in [-0.4, -0.2) is 19.2 Å². The van der Waals surface area contributed by atoms with Gasteiger partial charge in [0.25, 0.3) is 0 Å². The van der Waals surface area contributed by atoms with E-state index in [0.29, 0.717) is 0 Å². The summed E-state index contributed by atoms with van der Waals surface area (Å²) in [6.07, 6.45) is 0. The molecule has 0 saturated carbocycles. The first-order chi connectivity index (χ1) is 8.51. The van der Waals surface area contributed by atoms with Gasteiger partial charge in [0.15, 0.2) is 0 Å². The summed E-state index contributed by atoms with van der Waals surface area (Å²) in [5.41, 5.74) is -0.404. The second kappa shape index (κ2) is 6.17. The summed E-state index contributed by atoms with van der Waals surface area (Å²) >= 11 is 5.78. The number of hydrogen-bond acceptors (Lipinski definition) is 4. The van der Waals surface area contributed by atoms with E-state index in [4.69, 9.17) is 16.9 Å². The second-order valence-corrected chi connectivity index (χ2v) is 3.39. The van der Waals surface area contributed by atoms with E-state index < -0.39 is 18.3 Å². The molecule has 0 aliphatic heterocycles. The highest BCUT2D eigenvalue weighted by Crippen LogP contribution is 2.31. The van der Waals surface area contributed by atoms with Crippen molar-refractivity contribution in [1.29, 1.82) is 5.26 Å². The first-order valence-electron chi connectivity index (χ1n) is 4.85. The van der Waals surface area contributed by atoms with E-state index in [1.54, 1.807) is 13.0 Å². The standard InChI is InChI=1S/C11H8ClF2NO3/c1-2-17-10(16)8-7(18-11(13)14)4-3-6(5-15)9(8)12/h3-4,11H,2H2,1H3. The van der Waals surface area contributed by atoms with E-state index in [1.165, 1.54) is 6.07 Å². The number of carbonyl (C=O) groups is 1. The monoisotopic (exact) mass is 275 g/mol. The maximum Gasteiger partial charge on any atom is 0.387 e. The molecule has 0 aliphatic rings. The Morgan fingerprint density at radius 2 is 2.22 bits per heavy atom. The minimum absolute atomic E-state index is 0.0265. The van der Waals surface area contributed by atoms with E-state index in [2.05, 4.69) is 9.47 Å². The molecule has 96 valence electrons. The predicted molar refractivity (Wildman–Crippen MR) is 58.8 cm³/mol. The van der Waals surface area contributed by atoms with E-state index in [9.17, 15) is 13.6 Å². The van der Waals surface area contributed by atoms with Crippen molar-refractivity contribution in [2.24, 2.45) is 0 Å². The number of alkyl halides is 2. The van der Waals surface area contributed by atoms with Crippen LogP contribution in [0.5, 0.6) is 5.75 Å². The van der Waals surface area contributed by atoms with Crippen molar-refractivity contribution in [1.82, 2.24) is 0 Å². The number of ether oxygens (including phenoxy) is 2. The Kier molecular flexibility index (Phi) is 4.86. The largest absolute Gasteiger partial charge is 0.462 e. The van der Waals surface area contributed by atoms with Gasteiger partial charge in [0.1, 0.15) is 17.4 Å². The number of rotatable bonds is 4. The molecular weight excluding hydrogens is 268 g/mol. The summed E-state index contributed by atoms with van der Waals surface area (Å²) in [6.45, 7) is -1.52. The fraction of sp³-hybridized carbons (Fsp3) is 0.273. The Morgan fingerprint density at radius 3 is 2.72 bits per heavy atom. The highest BCUT2D eigenvalue weighted by atomic mass is 35.5. The van der Waals surface area contributed by atoms with Crippen LogP contribution in [0.3, 0.4) is 0 Å². The average molecular weight is 276 g/mol. The van der Waals surface area contributed by atoms with Gasteiger partial charge in [-0.1, -0.05) is 11.6 Å². The number of esters is 1. The van der Waals surface area contributed by atoms with Crippen LogP contribution in [0.4, 0.5) is 8.78 Å². The molecule has 0 unspecified atom stereocenters. The molecule has 0 aromatic heterocycles. The number of hydrogen-bond donors (Lipinski definition) is 0. The van der Waals surface area contributed by atoms with Crippen molar-refractivity contribution in [3.63, 3.8) is 0 Å². The molecule has 1 aromatic carbocycles. The summed E-state index contributed by atoms with van der Waals surface area (Å²) in [6, 6.07) is 3.99. The molecule has 0 spiro atoms. The van der Waals surface area contributed by atoms with Crippen LogP contribution in [0, 0.1) is 11.3 Å². The molecule has 0 fully saturated rings. The number of benzene rings is 1. The van der Waals surface area contributed by atoms with Crippen molar-refractivity contribution in [2.45, 2.75) is 13.5 Å². The zero-order chi connectivity index (χ0) is 13.7. The van der Waals surface area contributed by atoms with Gasteiger partial charge in [0.2, 0.25) is 0 Å². The third kappa shape index (κ3) is 3.08. The first-order valence-corrected chi connectivity index (χ1v) is 5.23. The maximum absolute atomic E-state index is 12.2. The highest BCUT2D eigenvalue weighted by molar-refractivity contribution is 6.35. The molecule has 7 heteroatoms. The predicted octanol–water partition coefficient (Wildman–Crippen LogP) is 2.99. The van der Waals surface area contributed by atoms with Gasteiger partial charge >= 0.3 is 12.6 Å². The van der Waals surface area contributed by atoms with Crippen LogP contribution in [-0.2, 0) is 4.74 Å². The minimum atomic E-state index is -3.11. The third-order valence-corrected chi connectivity index (χ3v) is 2.31. The zero-order valence-corrected chi connectivity index (χ0v) is 10.0. The van der Waals surface area contributed by atoms with E-state index in [0.717, 1.165) is 6.07 Å². The van der Waals surface area contributed by atoms with Gasteiger partial charge in [-0.15, -0.1) is 0 Å². The lowest BCUT2D eigenvalue weighted by Gasteiger charge is -2.12. The van der Waals surface area contributed by atoms with Crippen LogP contribution in [0.2, 0.25) is 5.02 Å². The highest BCUT2D eigenvalue weighted by Gasteiger charge is 2.22. The van der Waals surface area contributed by atoms with Gasteiger partial charge in [-0.2, -0.15) is 14.0 Å². The summed E-state index contributed by atoms with van der Waals surface area (Å²) in [5, 5.41) is 8.48. The van der Waals surface area contributed by atoms with Crippen molar-refractivity contribution in [2.75, 3.05) is 6.61 Å². The van der Waals surface area contributed by atoms with Crippen LogP contribution < -0.4 is 4.74 Å². The van der Waals surface area contributed by atoms with Crippen molar-refractivity contribution in [3.05, 3.63) is 28.3 Å². The number of nitrogens with zero attached hydrogens (tertiary/aromatic N) is 1. The summed E-state index contributed by atoms with van der Waals surface area (Å²) in [4.78, 5) is 11.6. The molecule has 0 saturated heterocycles. The van der Waals surface area contributed by atoms with Crippen molar-refractivity contribution in [3.8, 4) is 11.8 Å². The molecule has 0 radical (unpaired) electrons. The Labute approximate surface area is 107 Å². The van der Waals surface area contributed by atoms with Gasteiger partial charge in [0, 0.05) is 0 Å². The van der Waals surface area contributed by atoms with Crippen LogP contribution in [0.25, 0.3) is 0 Å².